The van der Waals surface area contributed by atoms with E-state index in [1.807, 2.05) is 36.6 Å². The van der Waals surface area contributed by atoms with Gasteiger partial charge in [-0.1, -0.05) is 41.4 Å². The number of carbonyl (C=O) groups is 1. The Morgan fingerprint density at radius 1 is 1.05 bits per heavy atom. The molecule has 0 saturated carbocycles. The minimum absolute atomic E-state index is 0.129. The van der Waals surface area contributed by atoms with Crippen LogP contribution in [0.3, 0.4) is 0 Å². The molecule has 0 aliphatic carbocycles. The van der Waals surface area contributed by atoms with Crippen molar-refractivity contribution >= 4 is 34.8 Å². The van der Waals surface area contributed by atoms with E-state index in [2.05, 4.69) is 9.97 Å². The van der Waals surface area contributed by atoms with E-state index >= 15 is 0 Å². The van der Waals surface area contributed by atoms with Crippen molar-refractivity contribution in [2.24, 2.45) is 0 Å². The number of methoxy groups -OCH3 is 2. The van der Waals surface area contributed by atoms with Gasteiger partial charge >= 0.3 is 6.01 Å². The van der Waals surface area contributed by atoms with E-state index in [1.54, 1.807) is 29.2 Å². The molecule has 1 aliphatic heterocycles. The first-order valence-corrected chi connectivity index (χ1v) is 12.6. The number of nitrogens with zero attached hydrogens (tertiary/aromatic N) is 5. The molecule has 1 unspecified atom stereocenters. The Hall–Kier alpha value is -3.66. The Balaban J connectivity index is 1.80. The number of carbonyl (C=O) groups excluding carboxylic acids is 1. The number of benzene rings is 2. The normalized spacial score (nSPS) is 15.5. The Morgan fingerprint density at radius 2 is 1.76 bits per heavy atom. The van der Waals surface area contributed by atoms with Crippen molar-refractivity contribution in [1.29, 1.82) is 0 Å². The number of hydrogen-bond acceptors (Lipinski definition) is 7. The zero-order valence-electron chi connectivity index (χ0n) is 21.1. The van der Waals surface area contributed by atoms with Crippen LogP contribution in [0.4, 0.5) is 5.69 Å². The van der Waals surface area contributed by atoms with E-state index in [1.165, 1.54) is 20.4 Å². The summed E-state index contributed by atoms with van der Waals surface area (Å²) in [5, 5.41) is 11.4. The first kappa shape index (κ1) is 26.0. The summed E-state index contributed by atoms with van der Waals surface area (Å²) in [6.07, 6.45) is 1.53. The van der Waals surface area contributed by atoms with Crippen LogP contribution in [0, 0.1) is 6.92 Å². The lowest BCUT2D eigenvalue weighted by atomic mass is 10.0. The van der Waals surface area contributed by atoms with Crippen LogP contribution in [-0.4, -0.2) is 51.4 Å². The number of hydrogen-bond donors (Lipinski definition) is 1. The summed E-state index contributed by atoms with van der Waals surface area (Å²) in [5.41, 5.74) is 3.67. The van der Waals surface area contributed by atoms with Gasteiger partial charge in [-0.3, -0.25) is 9.69 Å². The molecule has 1 aliphatic rings. The van der Waals surface area contributed by atoms with E-state index in [0.29, 0.717) is 32.8 Å². The van der Waals surface area contributed by atoms with Crippen LogP contribution in [0.5, 0.6) is 11.9 Å². The van der Waals surface area contributed by atoms with Gasteiger partial charge in [0.1, 0.15) is 11.9 Å². The number of rotatable bonds is 7. The molecule has 2 atom stereocenters. The zero-order valence-corrected chi connectivity index (χ0v) is 22.7. The average Bonchev–Trinajstić information content (AvgIpc) is 3.44. The molecule has 1 amide bonds. The molecule has 9 nitrogen and oxygen atoms in total. The molecule has 0 spiro atoms. The van der Waals surface area contributed by atoms with Crippen LogP contribution in [-0.2, 0) is 0 Å². The van der Waals surface area contributed by atoms with Gasteiger partial charge in [0.05, 0.1) is 38.1 Å². The summed E-state index contributed by atoms with van der Waals surface area (Å²) in [7, 11) is 2.94. The Labute approximate surface area is 229 Å². The van der Waals surface area contributed by atoms with Crippen LogP contribution in [0.1, 0.15) is 46.3 Å². The van der Waals surface area contributed by atoms with E-state index in [9.17, 15) is 9.90 Å². The van der Waals surface area contributed by atoms with Crippen molar-refractivity contribution in [2.45, 2.75) is 25.9 Å². The van der Waals surface area contributed by atoms with Crippen molar-refractivity contribution in [3.63, 3.8) is 0 Å². The fraction of sp³-hybridized carbons (Fsp3) is 0.259. The molecular weight excluding hydrogens is 529 g/mol. The number of fused-ring (bicyclic) bond motifs is 1. The quantitative estimate of drug-likeness (QED) is 0.332. The van der Waals surface area contributed by atoms with Crippen molar-refractivity contribution in [2.75, 3.05) is 25.7 Å². The maximum Gasteiger partial charge on any atom is 0.319 e. The molecule has 4 aromatic rings. The molecule has 2 aromatic heterocycles. The molecule has 0 fully saturated rings. The Kier molecular flexibility index (Phi) is 7.00. The summed E-state index contributed by atoms with van der Waals surface area (Å²) in [4.78, 5) is 29.1. The third-order valence-electron chi connectivity index (χ3n) is 6.56. The van der Waals surface area contributed by atoms with E-state index in [4.69, 9.17) is 37.7 Å². The molecule has 3 heterocycles. The summed E-state index contributed by atoms with van der Waals surface area (Å²) in [5.74, 6) is 0.319. The second-order valence-corrected chi connectivity index (χ2v) is 9.78. The monoisotopic (exact) mass is 553 g/mol. The minimum Gasteiger partial charge on any atom is -0.480 e. The fourth-order valence-corrected chi connectivity index (χ4v) is 5.03. The predicted octanol–water partition coefficient (Wildman–Crippen LogP) is 5.28. The second kappa shape index (κ2) is 10.2. The van der Waals surface area contributed by atoms with E-state index in [0.717, 1.165) is 11.1 Å². The lowest BCUT2D eigenvalue weighted by molar-refractivity contribution is 0.0989. The second-order valence-electron chi connectivity index (χ2n) is 8.91. The first-order chi connectivity index (χ1) is 18.3. The molecule has 38 heavy (non-hydrogen) atoms. The Morgan fingerprint density at radius 3 is 2.42 bits per heavy atom. The van der Waals surface area contributed by atoms with Crippen molar-refractivity contribution in [3.8, 4) is 23.3 Å². The van der Waals surface area contributed by atoms with Gasteiger partial charge in [0.15, 0.2) is 5.69 Å². The molecule has 11 heteroatoms. The molecule has 2 aromatic carbocycles. The third-order valence-corrected chi connectivity index (χ3v) is 7.04. The summed E-state index contributed by atoms with van der Waals surface area (Å²) in [6, 6.07) is 11.8. The lowest BCUT2D eigenvalue weighted by Crippen LogP contribution is -2.31. The number of imidazole rings is 1. The maximum atomic E-state index is 14.1. The number of halogens is 2. The van der Waals surface area contributed by atoms with Gasteiger partial charge in [-0.25, -0.2) is 9.97 Å². The van der Waals surface area contributed by atoms with Gasteiger partial charge in [-0.05, 0) is 49.2 Å². The van der Waals surface area contributed by atoms with Crippen LogP contribution in [0.2, 0.25) is 10.0 Å². The van der Waals surface area contributed by atoms with Gasteiger partial charge in [0.25, 0.3) is 5.91 Å². The van der Waals surface area contributed by atoms with Crippen molar-refractivity contribution in [1.82, 2.24) is 19.5 Å². The van der Waals surface area contributed by atoms with Gasteiger partial charge < -0.3 is 19.1 Å². The van der Waals surface area contributed by atoms with Crippen LogP contribution in [0.25, 0.3) is 11.4 Å². The maximum absolute atomic E-state index is 14.1. The highest BCUT2D eigenvalue weighted by atomic mass is 35.5. The lowest BCUT2D eigenvalue weighted by Gasteiger charge is -2.30. The highest BCUT2D eigenvalue weighted by Gasteiger charge is 2.45. The SMILES string of the molecule is COc1ncc(-c2nc3c(n2[C@@H](C)CO)C(c2ccc(Cl)cc2)N(c2cc(Cl)ccc2C)C3=O)c(OC)n1. The molecule has 0 bridgehead atoms. The highest BCUT2D eigenvalue weighted by molar-refractivity contribution is 6.31. The number of aryl methyl sites for hydroxylation is 1. The number of aromatic nitrogens is 4. The fourth-order valence-electron chi connectivity index (χ4n) is 4.74. The molecule has 0 saturated heterocycles. The summed E-state index contributed by atoms with van der Waals surface area (Å²) in [6.45, 7) is 3.57. The molecule has 196 valence electrons. The number of aliphatic hydroxyl groups excluding tert-OH is 1. The zero-order chi connectivity index (χ0) is 27.1. The minimum atomic E-state index is -0.577. The Bertz CT molecular complexity index is 1520. The van der Waals surface area contributed by atoms with Crippen LogP contribution >= 0.6 is 23.2 Å². The largest absolute Gasteiger partial charge is 0.480 e. The molecule has 1 N–H and O–H groups in total. The molecule has 5 rings (SSSR count). The van der Waals surface area contributed by atoms with E-state index in [-0.39, 0.29) is 30.1 Å². The number of anilines is 1. The number of ether oxygens (including phenoxy) is 2. The smallest absolute Gasteiger partial charge is 0.319 e. The van der Waals surface area contributed by atoms with E-state index < -0.39 is 12.1 Å². The van der Waals surface area contributed by atoms with Gasteiger partial charge in [-0.15, -0.1) is 0 Å². The first-order valence-electron chi connectivity index (χ1n) is 11.8. The van der Waals surface area contributed by atoms with Crippen molar-refractivity contribution in [3.05, 3.63) is 81.2 Å². The van der Waals surface area contributed by atoms with Crippen LogP contribution in [0.15, 0.2) is 48.7 Å². The molecular formula is C27H25Cl2N5O4. The highest BCUT2D eigenvalue weighted by Crippen LogP contribution is 2.46. The van der Waals surface area contributed by atoms with Gasteiger partial charge in [-0.2, -0.15) is 4.98 Å². The topological polar surface area (TPSA) is 103 Å². The number of aliphatic hydroxyl groups is 1. The summed E-state index contributed by atoms with van der Waals surface area (Å²) >= 11 is 12.6. The molecule has 0 radical (unpaired) electrons. The standard InChI is InChI=1S/C27H25Cl2N5O4/c1-14-5-8-18(29)11-20(14)34-22(16-6-9-17(28)10-7-16)23-21(26(34)36)31-24(33(23)15(2)13-35)19-12-30-27(38-4)32-25(19)37-3/h5-12,15,22,35H,13H2,1-4H3/t15-,22?/m0/s1. The third kappa shape index (κ3) is 4.26. The predicted molar refractivity (Wildman–Crippen MR) is 144 cm³/mol. The van der Waals surface area contributed by atoms with Gasteiger partial charge in [0, 0.05) is 21.9 Å². The number of amides is 1. The van der Waals surface area contributed by atoms with Crippen molar-refractivity contribution < 1.29 is 19.4 Å². The van der Waals surface area contributed by atoms with Crippen LogP contribution < -0.4 is 14.4 Å². The summed E-state index contributed by atoms with van der Waals surface area (Å²) < 4.78 is 12.5. The van der Waals surface area contributed by atoms with Gasteiger partial charge in [0.2, 0.25) is 5.88 Å². The average molecular weight is 554 g/mol.